The average Bonchev–Trinajstić information content (AvgIpc) is 2.68. The summed E-state index contributed by atoms with van der Waals surface area (Å²) in [5.41, 5.74) is 3.82. The van der Waals surface area contributed by atoms with Gasteiger partial charge in [-0.25, -0.2) is 4.79 Å². The van der Waals surface area contributed by atoms with Gasteiger partial charge in [-0.05, 0) is 67.7 Å². The summed E-state index contributed by atoms with van der Waals surface area (Å²) < 4.78 is 17.7. The fraction of sp³-hybridized carbons (Fsp3) is 0.304. The third kappa shape index (κ3) is 6.17. The second-order valence-electron chi connectivity index (χ2n) is 8.01. The van der Waals surface area contributed by atoms with E-state index >= 15 is 0 Å². The van der Waals surface area contributed by atoms with Gasteiger partial charge in [0.15, 0.2) is 0 Å². The van der Waals surface area contributed by atoms with Gasteiger partial charge in [-0.2, -0.15) is 0 Å². The van der Waals surface area contributed by atoms with Crippen molar-refractivity contribution in [3.8, 4) is 11.5 Å². The van der Waals surface area contributed by atoms with Crippen LogP contribution in [0.25, 0.3) is 0 Å². The van der Waals surface area contributed by atoms with E-state index in [1.807, 2.05) is 61.5 Å². The first-order valence-electron chi connectivity index (χ1n) is 9.50. The molecule has 0 aromatic heterocycles. The van der Waals surface area contributed by atoms with Gasteiger partial charge in [-0.15, -0.1) is 0 Å². The van der Waals surface area contributed by atoms with Crippen LogP contribution in [0.3, 0.4) is 0 Å². The minimum atomic E-state index is -0.993. The molecule has 0 atom stereocenters. The molecule has 2 aromatic rings. The molecule has 0 heterocycles. The molecule has 0 saturated heterocycles. The Hall–Kier alpha value is -3.15. The first-order valence-corrected chi connectivity index (χ1v) is 9.50. The van der Waals surface area contributed by atoms with Crippen molar-refractivity contribution in [1.82, 2.24) is 0 Å². The number of aliphatic imine (C=N–C) groups is 1. The fourth-order valence-electron chi connectivity index (χ4n) is 3.28. The van der Waals surface area contributed by atoms with Gasteiger partial charge in [0.2, 0.25) is 0 Å². The van der Waals surface area contributed by atoms with Crippen LogP contribution in [0, 0.1) is 12.3 Å². The standard InChI is InChI=1S/C23H25FN2O3/c1-16-4-8-20(9-5-16)28-21-10-6-17(7-11-21)26-19-12-18(13-23(2,3)14-19)25-15-22(27)29-24/h4-12,26H,13-15H2,1-3H3. The molecule has 29 heavy (non-hydrogen) atoms. The number of nitrogens with zero attached hydrogens (tertiary/aromatic N) is 1. The summed E-state index contributed by atoms with van der Waals surface area (Å²) in [5, 5.41) is 3.40. The second-order valence-corrected chi connectivity index (χ2v) is 8.01. The molecule has 0 amide bonds. The molecular weight excluding hydrogens is 371 g/mol. The number of anilines is 1. The van der Waals surface area contributed by atoms with E-state index in [-0.39, 0.29) is 12.0 Å². The number of ether oxygens (including phenoxy) is 1. The molecule has 0 bridgehead atoms. The maximum absolute atomic E-state index is 11.9. The Kier molecular flexibility index (Phi) is 6.32. The van der Waals surface area contributed by atoms with Crippen molar-refractivity contribution in [1.29, 1.82) is 0 Å². The normalized spacial score (nSPS) is 16.8. The molecule has 2 aromatic carbocycles. The van der Waals surface area contributed by atoms with Crippen LogP contribution in [0.2, 0.25) is 0 Å². The maximum Gasteiger partial charge on any atom is 0.369 e. The molecule has 0 saturated carbocycles. The Morgan fingerprint density at radius 3 is 2.31 bits per heavy atom. The average molecular weight is 396 g/mol. The number of benzene rings is 2. The van der Waals surface area contributed by atoms with Gasteiger partial charge in [-0.1, -0.05) is 31.5 Å². The zero-order chi connectivity index (χ0) is 20.9. The SMILES string of the molecule is Cc1ccc(Oc2ccc(NC3=CC(=NCC(=O)OF)CC(C)(C)C3)cc2)cc1. The predicted octanol–water partition coefficient (Wildman–Crippen LogP) is 5.77. The number of allylic oxidation sites excluding steroid dienone is 2. The van der Waals surface area contributed by atoms with Crippen molar-refractivity contribution >= 4 is 17.4 Å². The Bertz CT molecular complexity index is 916. The van der Waals surface area contributed by atoms with Crippen LogP contribution in [0.4, 0.5) is 10.2 Å². The number of hydrogen-bond acceptors (Lipinski definition) is 5. The molecule has 0 radical (unpaired) electrons. The summed E-state index contributed by atoms with van der Waals surface area (Å²) >= 11 is 0. The topological polar surface area (TPSA) is 59.9 Å². The van der Waals surface area contributed by atoms with E-state index < -0.39 is 5.97 Å². The lowest BCUT2D eigenvalue weighted by Gasteiger charge is -2.31. The van der Waals surface area contributed by atoms with E-state index in [0.29, 0.717) is 6.42 Å². The van der Waals surface area contributed by atoms with Crippen LogP contribution in [0.5, 0.6) is 11.5 Å². The minimum absolute atomic E-state index is 0.0238. The van der Waals surface area contributed by atoms with E-state index in [1.165, 1.54) is 5.56 Å². The number of halogens is 1. The summed E-state index contributed by atoms with van der Waals surface area (Å²) in [5.74, 6) is 0.554. The molecule has 0 spiro atoms. The van der Waals surface area contributed by atoms with E-state index in [4.69, 9.17) is 4.74 Å². The highest BCUT2D eigenvalue weighted by Gasteiger charge is 2.26. The number of rotatable bonds is 6. The fourth-order valence-corrected chi connectivity index (χ4v) is 3.28. The van der Waals surface area contributed by atoms with Gasteiger partial charge in [0.05, 0.1) is 0 Å². The van der Waals surface area contributed by atoms with Gasteiger partial charge in [0.1, 0.15) is 18.0 Å². The molecule has 152 valence electrons. The predicted molar refractivity (Wildman–Crippen MR) is 112 cm³/mol. The zero-order valence-electron chi connectivity index (χ0n) is 16.9. The van der Waals surface area contributed by atoms with E-state index in [2.05, 4.69) is 29.1 Å². The van der Waals surface area contributed by atoms with Crippen LogP contribution in [0.1, 0.15) is 32.3 Å². The third-order valence-corrected chi connectivity index (χ3v) is 4.58. The first-order chi connectivity index (χ1) is 13.8. The molecule has 1 aliphatic rings. The Morgan fingerprint density at radius 1 is 1.07 bits per heavy atom. The molecule has 0 aliphatic heterocycles. The quantitative estimate of drug-likeness (QED) is 0.673. The maximum atomic E-state index is 11.9. The van der Waals surface area contributed by atoms with Gasteiger partial charge < -0.3 is 10.1 Å². The third-order valence-electron chi connectivity index (χ3n) is 4.58. The van der Waals surface area contributed by atoms with Gasteiger partial charge >= 0.3 is 5.97 Å². The lowest BCUT2D eigenvalue weighted by molar-refractivity contribution is -0.181. The summed E-state index contributed by atoms with van der Waals surface area (Å²) in [7, 11) is 0. The largest absolute Gasteiger partial charge is 0.457 e. The van der Waals surface area contributed by atoms with Crippen LogP contribution in [0.15, 0.2) is 65.3 Å². The van der Waals surface area contributed by atoms with Crippen molar-refractivity contribution in [2.75, 3.05) is 11.9 Å². The summed E-state index contributed by atoms with van der Waals surface area (Å²) in [6.45, 7) is 5.97. The molecule has 1 aliphatic carbocycles. The van der Waals surface area contributed by atoms with Crippen LogP contribution >= 0.6 is 0 Å². The van der Waals surface area contributed by atoms with Crippen LogP contribution in [-0.2, 0) is 9.74 Å². The van der Waals surface area contributed by atoms with E-state index in [1.54, 1.807) is 0 Å². The lowest BCUT2D eigenvalue weighted by atomic mass is 9.78. The van der Waals surface area contributed by atoms with Crippen LogP contribution < -0.4 is 10.1 Å². The van der Waals surface area contributed by atoms with Crippen molar-refractivity contribution in [2.45, 2.75) is 33.6 Å². The highest BCUT2D eigenvalue weighted by atomic mass is 19.3. The monoisotopic (exact) mass is 396 g/mol. The first kappa shape index (κ1) is 20.6. The molecule has 6 heteroatoms. The highest BCUT2D eigenvalue weighted by molar-refractivity contribution is 5.98. The van der Waals surface area contributed by atoms with Crippen molar-refractivity contribution in [2.24, 2.45) is 10.4 Å². The number of hydrogen-bond donors (Lipinski definition) is 1. The van der Waals surface area contributed by atoms with E-state index in [0.717, 1.165) is 35.0 Å². The van der Waals surface area contributed by atoms with E-state index in [9.17, 15) is 9.32 Å². The number of carbonyl (C=O) groups is 1. The number of carbonyl (C=O) groups excluding carboxylic acids is 1. The smallest absolute Gasteiger partial charge is 0.369 e. The Balaban J connectivity index is 1.68. The molecule has 5 nitrogen and oxygen atoms in total. The molecule has 1 N–H and O–H groups in total. The highest BCUT2D eigenvalue weighted by Crippen LogP contribution is 2.35. The second kappa shape index (κ2) is 8.90. The summed E-state index contributed by atoms with van der Waals surface area (Å²) in [4.78, 5) is 18.4. The Labute approximate surface area is 170 Å². The van der Waals surface area contributed by atoms with Crippen molar-refractivity contribution in [3.05, 3.63) is 65.9 Å². The molecule has 3 rings (SSSR count). The summed E-state index contributed by atoms with van der Waals surface area (Å²) in [6.07, 6.45) is 3.45. The van der Waals surface area contributed by atoms with Crippen LogP contribution in [-0.4, -0.2) is 18.2 Å². The number of aryl methyl sites for hydroxylation is 1. The van der Waals surface area contributed by atoms with Gasteiger partial charge in [0.25, 0.3) is 0 Å². The molecule has 0 fully saturated rings. The minimum Gasteiger partial charge on any atom is -0.457 e. The summed E-state index contributed by atoms with van der Waals surface area (Å²) in [6, 6.07) is 15.6. The number of nitrogens with one attached hydrogen (secondary N) is 1. The zero-order valence-corrected chi connectivity index (χ0v) is 16.9. The van der Waals surface area contributed by atoms with Crippen molar-refractivity contribution in [3.63, 3.8) is 0 Å². The molecular formula is C23H25FN2O3. The van der Waals surface area contributed by atoms with Gasteiger partial charge in [0, 0.05) is 21.6 Å². The van der Waals surface area contributed by atoms with Crippen molar-refractivity contribution < 1.29 is 19.0 Å². The van der Waals surface area contributed by atoms with Gasteiger partial charge in [-0.3, -0.25) is 9.93 Å². The lowest BCUT2D eigenvalue weighted by Crippen LogP contribution is -2.25. The Morgan fingerprint density at radius 2 is 1.69 bits per heavy atom. The molecule has 0 unspecified atom stereocenters.